The molecule has 11 heteroatoms. The van der Waals surface area contributed by atoms with E-state index in [1.165, 1.54) is 4.90 Å². The van der Waals surface area contributed by atoms with Gasteiger partial charge in [0.05, 0.1) is 22.0 Å². The average Bonchev–Trinajstić information content (AvgIpc) is 3.32. The summed E-state index contributed by atoms with van der Waals surface area (Å²) in [6.45, 7) is 1.45. The Labute approximate surface area is 231 Å². The van der Waals surface area contributed by atoms with Crippen LogP contribution in [0.25, 0.3) is 0 Å². The molecule has 2 aromatic carbocycles. The van der Waals surface area contributed by atoms with Crippen LogP contribution in [0.4, 0.5) is 5.69 Å². The smallest absolute Gasteiger partial charge is 0.244 e. The first kappa shape index (κ1) is 28.8. The van der Waals surface area contributed by atoms with Crippen LogP contribution in [-0.4, -0.2) is 50.0 Å². The monoisotopic (exact) mass is 617 g/mol. The minimum Gasteiger partial charge on any atom is -0.352 e. The molecule has 1 aliphatic carbocycles. The lowest BCUT2D eigenvalue weighted by Crippen LogP contribution is -2.53. The lowest BCUT2D eigenvalue weighted by molar-refractivity contribution is -0.140. The van der Waals surface area contributed by atoms with Gasteiger partial charge in [-0.2, -0.15) is 0 Å². The molecule has 1 aliphatic rings. The maximum Gasteiger partial charge on any atom is 0.244 e. The molecular weight excluding hydrogens is 589 g/mol. The molecule has 1 saturated carbocycles. The summed E-state index contributed by atoms with van der Waals surface area (Å²) in [4.78, 5) is 28.4. The largest absolute Gasteiger partial charge is 0.352 e. The third-order valence-corrected chi connectivity index (χ3v) is 8.63. The van der Waals surface area contributed by atoms with E-state index in [0.717, 1.165) is 40.7 Å². The SMILES string of the molecule is CC[C@@H](C(=O)NC1CCCC1)N(Cc1ccc(Cl)c(Cl)c1)C(=O)CN(c1ccc(Br)cc1)S(C)(=O)=O. The summed E-state index contributed by atoms with van der Waals surface area (Å²) >= 11 is 15.6. The van der Waals surface area contributed by atoms with E-state index in [2.05, 4.69) is 21.2 Å². The average molecular weight is 619 g/mol. The third-order valence-electron chi connectivity index (χ3n) is 6.22. The molecule has 2 aromatic rings. The molecule has 0 unspecified atom stereocenters. The highest BCUT2D eigenvalue weighted by atomic mass is 79.9. The number of nitrogens with zero attached hydrogens (tertiary/aromatic N) is 2. The lowest BCUT2D eigenvalue weighted by Gasteiger charge is -2.33. The van der Waals surface area contributed by atoms with Crippen LogP contribution >= 0.6 is 39.1 Å². The molecule has 7 nitrogen and oxygen atoms in total. The molecule has 1 fully saturated rings. The first-order valence-corrected chi connectivity index (χ1v) is 15.2. The molecule has 1 N–H and O–H groups in total. The number of nitrogens with one attached hydrogen (secondary N) is 1. The molecule has 0 saturated heterocycles. The fourth-order valence-electron chi connectivity index (χ4n) is 4.34. The van der Waals surface area contributed by atoms with Gasteiger partial charge in [-0.05, 0) is 61.2 Å². The number of halogens is 3. The van der Waals surface area contributed by atoms with E-state index in [0.29, 0.717) is 27.7 Å². The number of amides is 2. The van der Waals surface area contributed by atoms with Gasteiger partial charge in [0.1, 0.15) is 12.6 Å². The van der Waals surface area contributed by atoms with Crippen LogP contribution in [0.3, 0.4) is 0 Å². The van der Waals surface area contributed by atoms with Gasteiger partial charge in [-0.25, -0.2) is 8.42 Å². The van der Waals surface area contributed by atoms with Crippen LogP contribution in [-0.2, 0) is 26.2 Å². The number of sulfonamides is 1. The zero-order valence-corrected chi connectivity index (χ0v) is 24.1. The van der Waals surface area contributed by atoms with E-state index in [-0.39, 0.29) is 18.5 Å². The van der Waals surface area contributed by atoms with Crippen LogP contribution in [0.5, 0.6) is 0 Å². The van der Waals surface area contributed by atoms with Crippen molar-refractivity contribution in [2.45, 2.75) is 57.7 Å². The second kappa shape index (κ2) is 12.6. The fraction of sp³-hybridized carbons (Fsp3) is 0.440. The Kier molecular flexibility index (Phi) is 10.1. The van der Waals surface area contributed by atoms with Gasteiger partial charge in [0.15, 0.2) is 0 Å². The summed E-state index contributed by atoms with van der Waals surface area (Å²) in [6, 6.07) is 11.0. The Morgan fingerprint density at radius 3 is 2.28 bits per heavy atom. The topological polar surface area (TPSA) is 86.8 Å². The van der Waals surface area contributed by atoms with Gasteiger partial charge < -0.3 is 10.2 Å². The van der Waals surface area contributed by atoms with E-state index in [4.69, 9.17) is 23.2 Å². The van der Waals surface area contributed by atoms with Crippen molar-refractivity contribution in [2.24, 2.45) is 0 Å². The van der Waals surface area contributed by atoms with Gasteiger partial charge in [-0.15, -0.1) is 0 Å². The molecule has 0 spiro atoms. The van der Waals surface area contributed by atoms with Crippen molar-refractivity contribution in [1.82, 2.24) is 10.2 Å². The molecular formula is C25H30BrCl2N3O4S. The standard InChI is InChI=1S/C25H30BrCl2N3O4S/c1-3-23(25(33)29-19-6-4-5-7-19)30(15-17-8-13-21(27)22(28)14-17)24(32)16-31(36(2,34)35)20-11-9-18(26)10-12-20/h8-14,19,23H,3-7,15-16H2,1-2H3,(H,29,33)/t23-/m0/s1. The number of hydrogen-bond donors (Lipinski definition) is 1. The summed E-state index contributed by atoms with van der Waals surface area (Å²) < 4.78 is 27.1. The Balaban J connectivity index is 1.93. The van der Waals surface area contributed by atoms with Crippen LogP contribution < -0.4 is 9.62 Å². The summed E-state index contributed by atoms with van der Waals surface area (Å²) in [6.07, 6.45) is 5.36. The zero-order valence-electron chi connectivity index (χ0n) is 20.2. The highest BCUT2D eigenvalue weighted by molar-refractivity contribution is 9.10. The van der Waals surface area contributed by atoms with E-state index < -0.39 is 28.5 Å². The molecule has 2 amide bonds. The van der Waals surface area contributed by atoms with E-state index in [1.54, 1.807) is 42.5 Å². The van der Waals surface area contributed by atoms with E-state index in [1.807, 2.05) is 6.92 Å². The predicted octanol–water partition coefficient (Wildman–Crippen LogP) is 5.39. The molecule has 0 heterocycles. The minimum atomic E-state index is -3.78. The second-order valence-corrected chi connectivity index (χ2v) is 12.6. The Morgan fingerprint density at radius 1 is 1.08 bits per heavy atom. The first-order chi connectivity index (χ1) is 17.0. The van der Waals surface area contributed by atoms with Gasteiger partial charge in [0.2, 0.25) is 21.8 Å². The highest BCUT2D eigenvalue weighted by Crippen LogP contribution is 2.26. The predicted molar refractivity (Wildman–Crippen MR) is 148 cm³/mol. The molecule has 3 rings (SSSR count). The van der Waals surface area contributed by atoms with Crippen molar-refractivity contribution in [2.75, 3.05) is 17.1 Å². The van der Waals surface area contributed by atoms with Crippen molar-refractivity contribution in [3.63, 3.8) is 0 Å². The molecule has 0 aliphatic heterocycles. The normalized spacial score (nSPS) is 14.9. The van der Waals surface area contributed by atoms with Crippen molar-refractivity contribution in [1.29, 1.82) is 0 Å². The summed E-state index contributed by atoms with van der Waals surface area (Å²) in [5.74, 6) is -0.741. The Hall–Kier alpha value is -1.81. The van der Waals surface area contributed by atoms with Gasteiger partial charge in [-0.1, -0.05) is 65.0 Å². The van der Waals surface area contributed by atoms with Crippen LogP contribution in [0, 0.1) is 0 Å². The summed E-state index contributed by atoms with van der Waals surface area (Å²) in [7, 11) is -3.78. The molecule has 0 radical (unpaired) electrons. The first-order valence-electron chi connectivity index (χ1n) is 11.8. The maximum absolute atomic E-state index is 13.7. The maximum atomic E-state index is 13.7. The lowest BCUT2D eigenvalue weighted by atomic mass is 10.1. The van der Waals surface area contributed by atoms with Crippen molar-refractivity contribution in [3.8, 4) is 0 Å². The number of hydrogen-bond acceptors (Lipinski definition) is 4. The quantitative estimate of drug-likeness (QED) is 0.387. The number of benzene rings is 2. The molecule has 196 valence electrons. The van der Waals surface area contributed by atoms with Crippen molar-refractivity contribution >= 4 is 66.7 Å². The summed E-state index contributed by atoms with van der Waals surface area (Å²) in [5.41, 5.74) is 1.03. The second-order valence-electron chi connectivity index (χ2n) is 8.93. The zero-order chi connectivity index (χ0) is 26.5. The number of anilines is 1. The van der Waals surface area contributed by atoms with Crippen LogP contribution in [0.1, 0.15) is 44.6 Å². The van der Waals surface area contributed by atoms with Crippen molar-refractivity contribution < 1.29 is 18.0 Å². The van der Waals surface area contributed by atoms with Gasteiger partial charge >= 0.3 is 0 Å². The fourth-order valence-corrected chi connectivity index (χ4v) is 5.78. The number of carbonyl (C=O) groups excluding carboxylic acids is 2. The molecule has 1 atom stereocenters. The van der Waals surface area contributed by atoms with E-state index >= 15 is 0 Å². The minimum absolute atomic E-state index is 0.0737. The van der Waals surface area contributed by atoms with Gasteiger partial charge in [0.25, 0.3) is 0 Å². The molecule has 0 bridgehead atoms. The van der Waals surface area contributed by atoms with Crippen LogP contribution in [0.15, 0.2) is 46.9 Å². The molecule has 0 aromatic heterocycles. The van der Waals surface area contributed by atoms with Gasteiger partial charge in [0, 0.05) is 17.1 Å². The Morgan fingerprint density at radius 2 is 1.72 bits per heavy atom. The van der Waals surface area contributed by atoms with Crippen molar-refractivity contribution in [3.05, 3.63) is 62.5 Å². The van der Waals surface area contributed by atoms with Gasteiger partial charge in [-0.3, -0.25) is 13.9 Å². The Bertz CT molecular complexity index is 1190. The van der Waals surface area contributed by atoms with E-state index in [9.17, 15) is 18.0 Å². The van der Waals surface area contributed by atoms with Crippen LogP contribution in [0.2, 0.25) is 10.0 Å². The molecule has 36 heavy (non-hydrogen) atoms. The highest BCUT2D eigenvalue weighted by Gasteiger charge is 2.33. The summed E-state index contributed by atoms with van der Waals surface area (Å²) in [5, 5.41) is 3.78. The number of rotatable bonds is 10. The third kappa shape index (κ3) is 7.60. The number of carbonyl (C=O) groups is 2.